The van der Waals surface area contributed by atoms with Crippen LogP contribution in [0.4, 0.5) is 0 Å². The Morgan fingerprint density at radius 1 is 1.69 bits per heavy atom. The van der Waals surface area contributed by atoms with Crippen molar-refractivity contribution in [3.05, 3.63) is 12.3 Å². The van der Waals surface area contributed by atoms with Crippen molar-refractivity contribution in [2.45, 2.75) is 24.4 Å². The van der Waals surface area contributed by atoms with Crippen LogP contribution in [0.5, 0.6) is 0 Å². The summed E-state index contributed by atoms with van der Waals surface area (Å²) in [5, 5.41) is 6.15. The van der Waals surface area contributed by atoms with Crippen molar-refractivity contribution in [1.29, 1.82) is 0 Å². The van der Waals surface area contributed by atoms with Gasteiger partial charge < -0.3 is 0 Å². The zero-order valence-corrected chi connectivity index (χ0v) is 8.00. The van der Waals surface area contributed by atoms with Crippen LogP contribution in [0, 0.1) is 5.92 Å². The number of aromatic amines is 1. The van der Waals surface area contributed by atoms with Crippen molar-refractivity contribution in [1.82, 2.24) is 14.9 Å². The normalized spacial score (nSPS) is 27.5. The average molecular weight is 201 g/mol. The first-order chi connectivity index (χ1) is 6.09. The molecule has 1 aliphatic rings. The standard InChI is InChI=1S/C7H11N3O2S/c1-5-4-6(5)10-13(11,12)7-2-3-8-9-7/h2-3,5-6,10H,4H2,1H3,(H,8,9). The number of sulfonamides is 1. The summed E-state index contributed by atoms with van der Waals surface area (Å²) in [6.07, 6.45) is 2.35. The van der Waals surface area contributed by atoms with E-state index in [9.17, 15) is 8.42 Å². The van der Waals surface area contributed by atoms with Crippen molar-refractivity contribution in [2.24, 2.45) is 5.92 Å². The van der Waals surface area contributed by atoms with E-state index in [0.29, 0.717) is 5.92 Å². The van der Waals surface area contributed by atoms with Crippen LogP contribution in [0.15, 0.2) is 17.3 Å². The summed E-state index contributed by atoms with van der Waals surface area (Å²) < 4.78 is 25.6. The predicted molar refractivity (Wildman–Crippen MR) is 46.5 cm³/mol. The first-order valence-electron chi connectivity index (χ1n) is 4.11. The van der Waals surface area contributed by atoms with Gasteiger partial charge >= 0.3 is 0 Å². The van der Waals surface area contributed by atoms with E-state index in [4.69, 9.17) is 0 Å². The first-order valence-corrected chi connectivity index (χ1v) is 5.59. The molecule has 0 radical (unpaired) electrons. The Morgan fingerprint density at radius 2 is 2.38 bits per heavy atom. The van der Waals surface area contributed by atoms with Crippen LogP contribution in [-0.4, -0.2) is 24.7 Å². The molecule has 1 aromatic heterocycles. The Morgan fingerprint density at radius 3 is 2.85 bits per heavy atom. The smallest absolute Gasteiger partial charge is 0.257 e. The Bertz CT molecular complexity index is 384. The Balaban J connectivity index is 2.13. The molecule has 0 aromatic carbocycles. The maximum Gasteiger partial charge on any atom is 0.257 e. The van der Waals surface area contributed by atoms with Gasteiger partial charge in [0.05, 0.1) is 6.20 Å². The van der Waals surface area contributed by atoms with E-state index in [2.05, 4.69) is 14.9 Å². The van der Waals surface area contributed by atoms with E-state index in [1.807, 2.05) is 6.92 Å². The number of hydrogen-bond acceptors (Lipinski definition) is 3. The van der Waals surface area contributed by atoms with Gasteiger partial charge in [-0.05, 0) is 18.4 Å². The zero-order valence-electron chi connectivity index (χ0n) is 7.19. The molecule has 1 aromatic rings. The van der Waals surface area contributed by atoms with Crippen LogP contribution >= 0.6 is 0 Å². The molecule has 2 rings (SSSR count). The lowest BCUT2D eigenvalue weighted by atomic mass is 10.5. The van der Waals surface area contributed by atoms with E-state index in [0.717, 1.165) is 6.42 Å². The second-order valence-electron chi connectivity index (χ2n) is 3.36. The monoisotopic (exact) mass is 201 g/mol. The van der Waals surface area contributed by atoms with Gasteiger partial charge in [-0.2, -0.15) is 5.10 Å². The fraction of sp³-hybridized carbons (Fsp3) is 0.571. The SMILES string of the molecule is CC1CC1NS(=O)(=O)c1ccn[nH]1. The zero-order chi connectivity index (χ0) is 9.47. The van der Waals surface area contributed by atoms with Gasteiger partial charge in [-0.3, -0.25) is 5.10 Å². The van der Waals surface area contributed by atoms with Crippen molar-refractivity contribution < 1.29 is 8.42 Å². The third kappa shape index (κ3) is 1.73. The molecule has 0 saturated heterocycles. The number of hydrogen-bond donors (Lipinski definition) is 2. The second kappa shape index (κ2) is 2.81. The molecule has 1 fully saturated rings. The molecule has 1 aliphatic carbocycles. The quantitative estimate of drug-likeness (QED) is 0.728. The highest BCUT2D eigenvalue weighted by Crippen LogP contribution is 2.30. The first kappa shape index (κ1) is 8.71. The van der Waals surface area contributed by atoms with E-state index in [-0.39, 0.29) is 11.1 Å². The van der Waals surface area contributed by atoms with Crippen LogP contribution < -0.4 is 4.72 Å². The number of aromatic nitrogens is 2. The van der Waals surface area contributed by atoms with E-state index in [1.54, 1.807) is 0 Å². The third-order valence-corrected chi connectivity index (χ3v) is 3.60. The molecule has 1 saturated carbocycles. The summed E-state index contributed by atoms with van der Waals surface area (Å²) in [5.74, 6) is 0.456. The summed E-state index contributed by atoms with van der Waals surface area (Å²) in [6, 6.07) is 1.54. The summed E-state index contributed by atoms with van der Waals surface area (Å²) in [4.78, 5) is 0. The number of rotatable bonds is 3. The average Bonchev–Trinajstić information content (AvgIpc) is 2.56. The van der Waals surface area contributed by atoms with Gasteiger partial charge in [0.1, 0.15) is 0 Å². The van der Waals surface area contributed by atoms with Crippen LogP contribution in [0.25, 0.3) is 0 Å². The number of nitrogens with one attached hydrogen (secondary N) is 2. The lowest BCUT2D eigenvalue weighted by Gasteiger charge is -2.01. The highest BCUT2D eigenvalue weighted by atomic mass is 32.2. The Labute approximate surface area is 76.6 Å². The number of H-pyrrole nitrogens is 1. The van der Waals surface area contributed by atoms with Crippen LogP contribution in [0.2, 0.25) is 0 Å². The fourth-order valence-corrected chi connectivity index (χ4v) is 2.41. The molecule has 0 aliphatic heterocycles. The topological polar surface area (TPSA) is 74.8 Å². The molecule has 13 heavy (non-hydrogen) atoms. The summed E-state index contributed by atoms with van der Waals surface area (Å²) in [6.45, 7) is 2.01. The second-order valence-corrected chi connectivity index (χ2v) is 5.04. The predicted octanol–water partition coefficient (Wildman–Crippen LogP) is 0.0964. The molecular formula is C7H11N3O2S. The van der Waals surface area contributed by atoms with Gasteiger partial charge in [0.15, 0.2) is 5.03 Å². The summed E-state index contributed by atoms with van der Waals surface area (Å²) >= 11 is 0. The van der Waals surface area contributed by atoms with Crippen LogP contribution in [-0.2, 0) is 10.0 Å². The lowest BCUT2D eigenvalue weighted by Crippen LogP contribution is -2.27. The van der Waals surface area contributed by atoms with Crippen molar-refractivity contribution in [3.8, 4) is 0 Å². The third-order valence-electron chi connectivity index (χ3n) is 2.18. The van der Waals surface area contributed by atoms with Gasteiger partial charge in [0.2, 0.25) is 0 Å². The minimum atomic E-state index is -3.35. The minimum Gasteiger partial charge on any atom is -0.266 e. The maximum atomic E-state index is 11.5. The van der Waals surface area contributed by atoms with Gasteiger partial charge in [0, 0.05) is 6.04 Å². The fourth-order valence-electron chi connectivity index (χ4n) is 1.14. The molecule has 6 heteroatoms. The van der Waals surface area contributed by atoms with Gasteiger partial charge in [-0.25, -0.2) is 13.1 Å². The van der Waals surface area contributed by atoms with Crippen molar-refractivity contribution in [3.63, 3.8) is 0 Å². The van der Waals surface area contributed by atoms with Gasteiger partial charge in [0.25, 0.3) is 10.0 Å². The molecule has 1 heterocycles. The highest BCUT2D eigenvalue weighted by Gasteiger charge is 2.36. The Kier molecular flexibility index (Phi) is 1.88. The lowest BCUT2D eigenvalue weighted by molar-refractivity contribution is 0.574. The Hall–Kier alpha value is -0.880. The van der Waals surface area contributed by atoms with Crippen LogP contribution in [0.3, 0.4) is 0 Å². The molecule has 0 amide bonds. The largest absolute Gasteiger partial charge is 0.266 e. The minimum absolute atomic E-state index is 0.105. The van der Waals surface area contributed by atoms with Gasteiger partial charge in [-0.15, -0.1) is 0 Å². The van der Waals surface area contributed by atoms with E-state index < -0.39 is 10.0 Å². The maximum absolute atomic E-state index is 11.5. The van der Waals surface area contributed by atoms with Crippen molar-refractivity contribution >= 4 is 10.0 Å². The van der Waals surface area contributed by atoms with E-state index in [1.165, 1.54) is 12.3 Å². The molecule has 0 spiro atoms. The molecule has 2 N–H and O–H groups in total. The number of nitrogens with zero attached hydrogens (tertiary/aromatic N) is 1. The summed E-state index contributed by atoms with van der Waals surface area (Å²) in [7, 11) is -3.35. The molecule has 72 valence electrons. The van der Waals surface area contributed by atoms with E-state index >= 15 is 0 Å². The highest BCUT2D eigenvalue weighted by molar-refractivity contribution is 7.89. The van der Waals surface area contributed by atoms with Gasteiger partial charge in [-0.1, -0.05) is 6.92 Å². The summed E-state index contributed by atoms with van der Waals surface area (Å²) in [5.41, 5.74) is 0. The van der Waals surface area contributed by atoms with Crippen LogP contribution in [0.1, 0.15) is 13.3 Å². The molecule has 0 bridgehead atoms. The van der Waals surface area contributed by atoms with Crippen molar-refractivity contribution in [2.75, 3.05) is 0 Å². The molecule has 5 nitrogen and oxygen atoms in total. The molecule has 2 unspecified atom stereocenters. The molecular weight excluding hydrogens is 190 g/mol. The molecule has 2 atom stereocenters.